The first-order chi connectivity index (χ1) is 8.70. The Labute approximate surface area is 108 Å². The Hall–Kier alpha value is -0.900. The lowest BCUT2D eigenvalue weighted by Crippen LogP contribution is -2.41. The summed E-state index contributed by atoms with van der Waals surface area (Å²) in [4.78, 5) is 26.2. The molecule has 4 heteroatoms. The number of imide groups is 1. The van der Waals surface area contributed by atoms with E-state index in [1.165, 1.54) is 0 Å². The summed E-state index contributed by atoms with van der Waals surface area (Å²) < 4.78 is 0. The highest BCUT2D eigenvalue weighted by Crippen LogP contribution is 2.44. The first kappa shape index (κ1) is 12.2. The van der Waals surface area contributed by atoms with Crippen LogP contribution in [0.1, 0.15) is 39.0 Å². The van der Waals surface area contributed by atoms with Crippen LogP contribution in [-0.4, -0.2) is 35.8 Å². The molecule has 3 aliphatic rings. The Kier molecular flexibility index (Phi) is 3.14. The lowest BCUT2D eigenvalue weighted by molar-refractivity contribution is -0.140. The first-order valence-electron chi connectivity index (χ1n) is 7.29. The van der Waals surface area contributed by atoms with Gasteiger partial charge in [0.2, 0.25) is 11.8 Å². The van der Waals surface area contributed by atoms with Crippen molar-refractivity contribution in [1.29, 1.82) is 0 Å². The molecule has 2 heterocycles. The van der Waals surface area contributed by atoms with E-state index < -0.39 is 0 Å². The quantitative estimate of drug-likeness (QED) is 0.765. The lowest BCUT2D eigenvalue weighted by Gasteiger charge is -2.21. The molecule has 3 rings (SSSR count). The van der Waals surface area contributed by atoms with E-state index >= 15 is 0 Å². The number of carbonyl (C=O) groups excluding carboxylic acids is 2. The number of hydrogen-bond acceptors (Lipinski definition) is 3. The molecule has 100 valence electrons. The number of hydrogen-bond donors (Lipinski definition) is 1. The van der Waals surface area contributed by atoms with Gasteiger partial charge >= 0.3 is 0 Å². The molecule has 2 saturated heterocycles. The maximum atomic E-state index is 12.3. The fourth-order valence-corrected chi connectivity index (χ4v) is 3.84. The summed E-state index contributed by atoms with van der Waals surface area (Å²) in [5.74, 6) is 0.802. The number of carbonyl (C=O) groups is 2. The number of nitrogens with one attached hydrogen (secondary N) is 1. The summed E-state index contributed by atoms with van der Waals surface area (Å²) in [5, 5.41) is 3.36. The minimum absolute atomic E-state index is 0.00357. The molecule has 0 radical (unpaired) electrons. The Morgan fingerprint density at radius 1 is 1.22 bits per heavy atom. The van der Waals surface area contributed by atoms with Gasteiger partial charge in [-0.05, 0) is 38.1 Å². The van der Waals surface area contributed by atoms with Gasteiger partial charge in [-0.2, -0.15) is 0 Å². The van der Waals surface area contributed by atoms with Gasteiger partial charge in [-0.25, -0.2) is 0 Å². The standard InChI is InChI=1S/C14H22N2O2/c1-2-9-6-11-12(7-9)14(18)16(13(11)17)8-10-4-3-5-15-10/h9-12,15H,2-8H2,1H3. The highest BCUT2D eigenvalue weighted by molar-refractivity contribution is 6.05. The topological polar surface area (TPSA) is 49.4 Å². The van der Waals surface area contributed by atoms with Crippen molar-refractivity contribution in [3.05, 3.63) is 0 Å². The zero-order chi connectivity index (χ0) is 12.7. The Morgan fingerprint density at radius 3 is 2.39 bits per heavy atom. The van der Waals surface area contributed by atoms with Crippen molar-refractivity contribution in [3.8, 4) is 0 Å². The van der Waals surface area contributed by atoms with Crippen LogP contribution in [0.4, 0.5) is 0 Å². The van der Waals surface area contributed by atoms with E-state index in [4.69, 9.17) is 0 Å². The van der Waals surface area contributed by atoms with Crippen molar-refractivity contribution in [3.63, 3.8) is 0 Å². The van der Waals surface area contributed by atoms with E-state index in [0.717, 1.165) is 38.6 Å². The summed E-state index contributed by atoms with van der Waals surface area (Å²) >= 11 is 0. The SMILES string of the molecule is CCC1CC2C(=O)N(CC3CCCN3)C(=O)C2C1. The van der Waals surface area contributed by atoms with Gasteiger partial charge in [-0.3, -0.25) is 14.5 Å². The Bertz CT molecular complexity index is 339. The minimum atomic E-state index is 0.00357. The molecule has 3 atom stereocenters. The van der Waals surface area contributed by atoms with E-state index in [-0.39, 0.29) is 23.7 Å². The molecule has 3 fully saturated rings. The zero-order valence-corrected chi connectivity index (χ0v) is 11.0. The zero-order valence-electron chi connectivity index (χ0n) is 11.0. The van der Waals surface area contributed by atoms with Crippen LogP contribution in [0.5, 0.6) is 0 Å². The monoisotopic (exact) mass is 250 g/mol. The van der Waals surface area contributed by atoms with Gasteiger partial charge in [-0.15, -0.1) is 0 Å². The molecule has 0 aromatic carbocycles. The van der Waals surface area contributed by atoms with Gasteiger partial charge in [0, 0.05) is 12.6 Å². The normalized spacial score (nSPS) is 39.7. The summed E-state index contributed by atoms with van der Waals surface area (Å²) in [7, 11) is 0. The molecule has 0 aromatic rings. The van der Waals surface area contributed by atoms with Crippen LogP contribution in [0.25, 0.3) is 0 Å². The molecule has 18 heavy (non-hydrogen) atoms. The predicted molar refractivity (Wildman–Crippen MR) is 67.7 cm³/mol. The second-order valence-corrected chi connectivity index (χ2v) is 6.04. The lowest BCUT2D eigenvalue weighted by atomic mass is 10.00. The van der Waals surface area contributed by atoms with Crippen LogP contribution < -0.4 is 5.32 Å². The molecule has 1 N–H and O–H groups in total. The number of likely N-dealkylation sites (tertiary alicyclic amines) is 1. The van der Waals surface area contributed by atoms with E-state index in [1.807, 2.05) is 0 Å². The molecule has 1 saturated carbocycles. The molecule has 1 aliphatic carbocycles. The summed E-state index contributed by atoms with van der Waals surface area (Å²) in [6.07, 6.45) is 5.20. The highest BCUT2D eigenvalue weighted by atomic mass is 16.2. The van der Waals surface area contributed by atoms with E-state index in [2.05, 4.69) is 12.2 Å². The van der Waals surface area contributed by atoms with Gasteiger partial charge in [0.15, 0.2) is 0 Å². The molecule has 2 amide bonds. The fourth-order valence-electron chi connectivity index (χ4n) is 3.84. The van der Waals surface area contributed by atoms with Crippen LogP contribution in [0, 0.1) is 17.8 Å². The second kappa shape index (κ2) is 4.65. The van der Waals surface area contributed by atoms with Gasteiger partial charge in [0.05, 0.1) is 11.8 Å². The molecule has 4 nitrogen and oxygen atoms in total. The van der Waals surface area contributed by atoms with Crippen LogP contribution in [0.3, 0.4) is 0 Å². The number of amides is 2. The van der Waals surface area contributed by atoms with Crippen LogP contribution in [0.2, 0.25) is 0 Å². The van der Waals surface area contributed by atoms with E-state index in [0.29, 0.717) is 18.5 Å². The number of fused-ring (bicyclic) bond motifs is 1. The molecule has 0 spiro atoms. The Morgan fingerprint density at radius 2 is 1.89 bits per heavy atom. The number of rotatable bonds is 3. The van der Waals surface area contributed by atoms with E-state index in [9.17, 15) is 9.59 Å². The van der Waals surface area contributed by atoms with Gasteiger partial charge in [0.1, 0.15) is 0 Å². The third-order valence-corrected chi connectivity index (χ3v) is 4.97. The van der Waals surface area contributed by atoms with Crippen LogP contribution in [0.15, 0.2) is 0 Å². The highest BCUT2D eigenvalue weighted by Gasteiger charge is 2.52. The summed E-state index contributed by atoms with van der Waals surface area (Å²) in [5.41, 5.74) is 0. The average Bonchev–Trinajstić information content (AvgIpc) is 3.06. The van der Waals surface area contributed by atoms with Crippen LogP contribution in [-0.2, 0) is 9.59 Å². The first-order valence-corrected chi connectivity index (χ1v) is 7.29. The number of nitrogens with zero attached hydrogens (tertiary/aromatic N) is 1. The van der Waals surface area contributed by atoms with Crippen molar-refractivity contribution in [1.82, 2.24) is 10.2 Å². The molecular weight excluding hydrogens is 228 g/mol. The third-order valence-electron chi connectivity index (χ3n) is 4.97. The predicted octanol–water partition coefficient (Wildman–Crippen LogP) is 1.16. The average molecular weight is 250 g/mol. The molecule has 3 unspecified atom stereocenters. The largest absolute Gasteiger partial charge is 0.312 e. The summed E-state index contributed by atoms with van der Waals surface area (Å²) in [6, 6.07) is 0.332. The third kappa shape index (κ3) is 1.87. The van der Waals surface area contributed by atoms with Crippen molar-refractivity contribution in [2.45, 2.75) is 45.1 Å². The van der Waals surface area contributed by atoms with Crippen molar-refractivity contribution >= 4 is 11.8 Å². The smallest absolute Gasteiger partial charge is 0.233 e. The van der Waals surface area contributed by atoms with Crippen molar-refractivity contribution < 1.29 is 9.59 Å². The molecule has 0 aromatic heterocycles. The fraction of sp³-hybridized carbons (Fsp3) is 0.857. The summed E-state index contributed by atoms with van der Waals surface area (Å²) in [6.45, 7) is 3.77. The molecule has 2 aliphatic heterocycles. The second-order valence-electron chi connectivity index (χ2n) is 6.04. The molecule has 0 bridgehead atoms. The van der Waals surface area contributed by atoms with Crippen LogP contribution >= 0.6 is 0 Å². The maximum absolute atomic E-state index is 12.3. The van der Waals surface area contributed by atoms with Crippen molar-refractivity contribution in [2.24, 2.45) is 17.8 Å². The maximum Gasteiger partial charge on any atom is 0.233 e. The minimum Gasteiger partial charge on any atom is -0.312 e. The molecular formula is C14H22N2O2. The van der Waals surface area contributed by atoms with E-state index in [1.54, 1.807) is 4.90 Å². The van der Waals surface area contributed by atoms with Gasteiger partial charge in [0.25, 0.3) is 0 Å². The Balaban J connectivity index is 1.68. The van der Waals surface area contributed by atoms with Gasteiger partial charge < -0.3 is 5.32 Å². The van der Waals surface area contributed by atoms with Crippen molar-refractivity contribution in [2.75, 3.05) is 13.1 Å². The van der Waals surface area contributed by atoms with Gasteiger partial charge in [-0.1, -0.05) is 13.3 Å².